The van der Waals surface area contributed by atoms with Crippen LogP contribution < -0.4 is 5.73 Å². The summed E-state index contributed by atoms with van der Waals surface area (Å²) < 4.78 is 1.20. The first kappa shape index (κ1) is 12.6. The lowest BCUT2D eigenvalue weighted by atomic mass is 10.0. The molecular weight excluding hydrogens is 258 g/mol. The average molecular weight is 275 g/mol. The van der Waals surface area contributed by atoms with Gasteiger partial charge in [0.15, 0.2) is 0 Å². The van der Waals surface area contributed by atoms with Crippen LogP contribution in [0.3, 0.4) is 0 Å². The Morgan fingerprint density at radius 1 is 1.42 bits per heavy atom. The Morgan fingerprint density at radius 3 is 3.05 bits per heavy atom. The first-order chi connectivity index (χ1) is 9.24. The third-order valence-electron chi connectivity index (χ3n) is 3.62. The Balaban J connectivity index is 1.80. The summed E-state index contributed by atoms with van der Waals surface area (Å²) in [6, 6.07) is 8.01. The van der Waals surface area contributed by atoms with Gasteiger partial charge in [0.05, 0.1) is 22.8 Å². The molecule has 0 radical (unpaired) electrons. The van der Waals surface area contributed by atoms with Crippen LogP contribution in [0, 0.1) is 0 Å². The summed E-state index contributed by atoms with van der Waals surface area (Å²) >= 11 is 1.70. The van der Waals surface area contributed by atoms with Gasteiger partial charge in [0.25, 0.3) is 0 Å². The largest absolute Gasteiger partial charge is 0.368 e. The number of rotatable bonds is 3. The van der Waals surface area contributed by atoms with Crippen molar-refractivity contribution in [1.82, 2.24) is 9.88 Å². The molecule has 2 heterocycles. The van der Waals surface area contributed by atoms with Crippen molar-refractivity contribution < 1.29 is 4.79 Å². The molecule has 100 valence electrons. The van der Waals surface area contributed by atoms with Gasteiger partial charge in [-0.3, -0.25) is 9.69 Å². The molecule has 2 aromatic rings. The first-order valence-electron chi connectivity index (χ1n) is 6.62. The molecule has 0 saturated carbocycles. The SMILES string of the molecule is NC(=O)[C@@H]1CCCCN1Cc1nc2ccccc2s1. The number of piperidine rings is 1. The van der Waals surface area contributed by atoms with Gasteiger partial charge in [-0.15, -0.1) is 11.3 Å². The predicted octanol–water partition coefficient (Wildman–Crippen LogP) is 2.14. The second-order valence-corrected chi connectivity index (χ2v) is 6.07. The van der Waals surface area contributed by atoms with Crippen molar-refractivity contribution >= 4 is 27.5 Å². The number of para-hydroxylation sites is 1. The Labute approximate surface area is 116 Å². The number of nitrogens with two attached hydrogens (primary N) is 1. The number of fused-ring (bicyclic) bond motifs is 1. The number of amides is 1. The third-order valence-corrected chi connectivity index (χ3v) is 4.64. The van der Waals surface area contributed by atoms with Gasteiger partial charge in [-0.25, -0.2) is 4.98 Å². The van der Waals surface area contributed by atoms with Crippen LogP contribution in [-0.2, 0) is 11.3 Å². The van der Waals surface area contributed by atoms with Crippen LogP contribution in [0.5, 0.6) is 0 Å². The minimum atomic E-state index is -0.208. The second-order valence-electron chi connectivity index (χ2n) is 4.96. The maximum absolute atomic E-state index is 11.5. The van der Waals surface area contributed by atoms with E-state index in [1.165, 1.54) is 4.70 Å². The summed E-state index contributed by atoms with van der Waals surface area (Å²) in [4.78, 5) is 18.3. The topological polar surface area (TPSA) is 59.2 Å². The highest BCUT2D eigenvalue weighted by atomic mass is 32.1. The third kappa shape index (κ3) is 2.62. The zero-order valence-corrected chi connectivity index (χ0v) is 11.5. The number of nitrogens with zero attached hydrogens (tertiary/aromatic N) is 2. The van der Waals surface area contributed by atoms with E-state index in [0.29, 0.717) is 0 Å². The van der Waals surface area contributed by atoms with Gasteiger partial charge in [0, 0.05) is 0 Å². The number of aromatic nitrogens is 1. The lowest BCUT2D eigenvalue weighted by Gasteiger charge is -2.32. The smallest absolute Gasteiger partial charge is 0.234 e. The van der Waals surface area contributed by atoms with E-state index in [2.05, 4.69) is 16.0 Å². The number of likely N-dealkylation sites (tertiary alicyclic amines) is 1. The molecule has 19 heavy (non-hydrogen) atoms. The monoisotopic (exact) mass is 275 g/mol. The lowest BCUT2D eigenvalue weighted by Crippen LogP contribution is -2.47. The Bertz CT molecular complexity index is 562. The molecule has 0 spiro atoms. The summed E-state index contributed by atoms with van der Waals surface area (Å²) in [7, 11) is 0. The lowest BCUT2D eigenvalue weighted by molar-refractivity contribution is -0.124. The average Bonchev–Trinajstić information content (AvgIpc) is 2.81. The molecule has 0 bridgehead atoms. The zero-order valence-electron chi connectivity index (χ0n) is 10.7. The van der Waals surface area contributed by atoms with Gasteiger partial charge in [-0.05, 0) is 31.5 Å². The Hall–Kier alpha value is -1.46. The molecule has 3 rings (SSSR count). The molecule has 5 heteroatoms. The maximum Gasteiger partial charge on any atom is 0.234 e. The van der Waals surface area contributed by atoms with Crippen molar-refractivity contribution in [3.63, 3.8) is 0 Å². The Morgan fingerprint density at radius 2 is 2.26 bits per heavy atom. The van der Waals surface area contributed by atoms with Crippen molar-refractivity contribution in [1.29, 1.82) is 0 Å². The summed E-state index contributed by atoms with van der Waals surface area (Å²) in [5, 5.41) is 1.06. The molecule has 1 atom stereocenters. The van der Waals surface area contributed by atoms with Crippen molar-refractivity contribution in [3.8, 4) is 0 Å². The number of hydrogen-bond donors (Lipinski definition) is 1. The highest BCUT2D eigenvalue weighted by Crippen LogP contribution is 2.25. The van der Waals surface area contributed by atoms with E-state index in [0.717, 1.165) is 42.9 Å². The molecule has 1 aromatic heterocycles. The second kappa shape index (κ2) is 5.27. The molecule has 1 saturated heterocycles. The number of hydrogen-bond acceptors (Lipinski definition) is 4. The number of carbonyl (C=O) groups is 1. The minimum absolute atomic E-state index is 0.124. The van der Waals surface area contributed by atoms with Crippen molar-refractivity contribution in [2.45, 2.75) is 31.8 Å². The molecule has 1 amide bonds. The Kier molecular flexibility index (Phi) is 3.48. The number of benzene rings is 1. The molecule has 1 aliphatic heterocycles. The van der Waals surface area contributed by atoms with Gasteiger partial charge >= 0.3 is 0 Å². The van der Waals surface area contributed by atoms with Crippen LogP contribution in [0.15, 0.2) is 24.3 Å². The maximum atomic E-state index is 11.5. The van der Waals surface area contributed by atoms with Gasteiger partial charge in [0.2, 0.25) is 5.91 Å². The van der Waals surface area contributed by atoms with E-state index in [1.807, 2.05) is 18.2 Å². The standard InChI is InChI=1S/C14H17N3OS/c15-14(18)11-6-3-4-8-17(11)9-13-16-10-5-1-2-7-12(10)19-13/h1-2,5,7,11H,3-4,6,8-9H2,(H2,15,18)/t11-/m0/s1. The van der Waals surface area contributed by atoms with Crippen LogP contribution in [0.4, 0.5) is 0 Å². The summed E-state index contributed by atoms with van der Waals surface area (Å²) in [6.07, 6.45) is 3.10. The van der Waals surface area contributed by atoms with Gasteiger partial charge < -0.3 is 5.73 Å². The van der Waals surface area contributed by atoms with Crippen molar-refractivity contribution in [3.05, 3.63) is 29.3 Å². The van der Waals surface area contributed by atoms with E-state index >= 15 is 0 Å². The fourth-order valence-corrected chi connectivity index (χ4v) is 3.66. The summed E-state index contributed by atoms with van der Waals surface area (Å²) in [6.45, 7) is 1.66. The highest BCUT2D eigenvalue weighted by Gasteiger charge is 2.27. The van der Waals surface area contributed by atoms with E-state index in [4.69, 9.17) is 5.73 Å². The van der Waals surface area contributed by atoms with E-state index in [1.54, 1.807) is 11.3 Å². The van der Waals surface area contributed by atoms with Gasteiger partial charge in [-0.1, -0.05) is 18.6 Å². The number of thiazole rings is 1. The summed E-state index contributed by atoms with van der Waals surface area (Å²) in [5.74, 6) is -0.208. The first-order valence-corrected chi connectivity index (χ1v) is 7.43. The molecule has 0 aliphatic carbocycles. The fraction of sp³-hybridized carbons (Fsp3) is 0.429. The normalized spacial score (nSPS) is 20.7. The quantitative estimate of drug-likeness (QED) is 0.933. The highest BCUT2D eigenvalue weighted by molar-refractivity contribution is 7.18. The number of carbonyl (C=O) groups excluding carboxylic acids is 1. The van der Waals surface area contributed by atoms with Crippen LogP contribution in [0.1, 0.15) is 24.3 Å². The fourth-order valence-electron chi connectivity index (χ4n) is 2.66. The number of primary amides is 1. The molecular formula is C14H17N3OS. The minimum Gasteiger partial charge on any atom is -0.368 e. The van der Waals surface area contributed by atoms with Crippen molar-refractivity contribution in [2.75, 3.05) is 6.54 Å². The molecule has 4 nitrogen and oxygen atoms in total. The van der Waals surface area contributed by atoms with Crippen LogP contribution >= 0.6 is 11.3 Å². The van der Waals surface area contributed by atoms with Gasteiger partial charge in [-0.2, -0.15) is 0 Å². The summed E-state index contributed by atoms with van der Waals surface area (Å²) in [5.41, 5.74) is 6.53. The molecule has 2 N–H and O–H groups in total. The van der Waals surface area contributed by atoms with E-state index in [-0.39, 0.29) is 11.9 Å². The van der Waals surface area contributed by atoms with E-state index < -0.39 is 0 Å². The zero-order chi connectivity index (χ0) is 13.2. The van der Waals surface area contributed by atoms with Crippen LogP contribution in [-0.4, -0.2) is 28.4 Å². The van der Waals surface area contributed by atoms with Gasteiger partial charge in [0.1, 0.15) is 5.01 Å². The van der Waals surface area contributed by atoms with Crippen LogP contribution in [0.25, 0.3) is 10.2 Å². The van der Waals surface area contributed by atoms with Crippen LogP contribution in [0.2, 0.25) is 0 Å². The molecule has 0 unspecified atom stereocenters. The van der Waals surface area contributed by atoms with E-state index in [9.17, 15) is 4.79 Å². The molecule has 1 aromatic carbocycles. The predicted molar refractivity (Wildman–Crippen MR) is 76.9 cm³/mol. The molecule has 1 aliphatic rings. The molecule has 1 fully saturated rings. The van der Waals surface area contributed by atoms with Crippen molar-refractivity contribution in [2.24, 2.45) is 5.73 Å².